The van der Waals surface area contributed by atoms with Gasteiger partial charge in [-0.05, 0) is 18.2 Å². The number of hydrogen-bond donors (Lipinski definition) is 1. The van der Waals surface area contributed by atoms with Gasteiger partial charge in [0.15, 0.2) is 11.0 Å². The van der Waals surface area contributed by atoms with Gasteiger partial charge in [0.1, 0.15) is 21.7 Å². The zero-order valence-electron chi connectivity index (χ0n) is 12.2. The zero-order chi connectivity index (χ0) is 16.4. The monoisotopic (exact) mass is 351 g/mol. The van der Waals surface area contributed by atoms with Crippen molar-refractivity contribution in [3.8, 4) is 5.75 Å². The van der Waals surface area contributed by atoms with Crippen LogP contribution in [0.5, 0.6) is 5.75 Å². The average Bonchev–Trinajstić information content (AvgIpc) is 2.97. The number of imidazole rings is 1. The number of fused-ring (bicyclic) bond motifs is 1. The molecule has 6 nitrogen and oxygen atoms in total. The summed E-state index contributed by atoms with van der Waals surface area (Å²) in [6.07, 6.45) is 0. The largest absolute Gasteiger partial charge is 0.570 e. The van der Waals surface area contributed by atoms with Gasteiger partial charge < -0.3 is 9.46 Å². The van der Waals surface area contributed by atoms with Crippen molar-refractivity contribution in [1.82, 2.24) is 4.98 Å². The molecule has 23 heavy (non-hydrogen) atoms. The number of sulfonamides is 1. The maximum Gasteiger partial charge on any atom is 0.268 e. The van der Waals surface area contributed by atoms with Crippen LogP contribution in [-0.2, 0) is 15.9 Å². The number of halogens is 1. The Morgan fingerprint density at radius 2 is 2.04 bits per heavy atom. The van der Waals surface area contributed by atoms with Gasteiger partial charge in [-0.15, -0.1) is 11.6 Å². The second-order valence-corrected chi connectivity index (χ2v) is 6.68. The molecule has 8 heteroatoms. The van der Waals surface area contributed by atoms with E-state index in [-0.39, 0.29) is 16.5 Å². The number of ether oxygens (including phenoxy) is 1. The molecule has 0 bridgehead atoms. The molecule has 0 radical (unpaired) electrons. The third kappa shape index (κ3) is 3.11. The molecule has 3 rings (SSSR count). The number of nitrogens with one attached hydrogen (secondary N) is 2. The second kappa shape index (κ2) is 6.10. The summed E-state index contributed by atoms with van der Waals surface area (Å²) in [4.78, 5) is 6.17. The summed E-state index contributed by atoms with van der Waals surface area (Å²) in [6.45, 7) is 0. The standard InChI is InChI=1S/C15H13ClN3O3S/c1-22-14-5-3-2-4-12(14)19-23(20,21)10-6-7-11-13(8-10)18-15(9-16)17-11/h2-8H,9H2,1H3,(H,17,18)/q-1/p+1. The van der Waals surface area contributed by atoms with E-state index >= 15 is 0 Å². The van der Waals surface area contributed by atoms with Crippen molar-refractivity contribution in [2.45, 2.75) is 10.8 Å². The molecule has 0 unspecified atom stereocenters. The fourth-order valence-corrected chi connectivity index (χ4v) is 3.36. The summed E-state index contributed by atoms with van der Waals surface area (Å²) in [6, 6.07) is 11.4. The molecule has 1 heterocycles. The van der Waals surface area contributed by atoms with Crippen molar-refractivity contribution in [2.24, 2.45) is 0 Å². The number of aromatic nitrogens is 2. The molecule has 1 aromatic heterocycles. The molecule has 3 aromatic rings. The van der Waals surface area contributed by atoms with Crippen LogP contribution in [0.15, 0.2) is 47.4 Å². The number of nitrogens with zero attached hydrogens (tertiary/aromatic N) is 1. The van der Waals surface area contributed by atoms with Crippen LogP contribution in [-0.4, -0.2) is 20.5 Å². The summed E-state index contributed by atoms with van der Waals surface area (Å²) in [5, 5.41) is 0. The molecule has 0 aliphatic carbocycles. The van der Waals surface area contributed by atoms with Crippen molar-refractivity contribution < 1.29 is 18.1 Å². The summed E-state index contributed by atoms with van der Waals surface area (Å²) in [7, 11) is -2.39. The van der Waals surface area contributed by atoms with E-state index in [1.165, 1.54) is 19.2 Å². The average molecular weight is 352 g/mol. The van der Waals surface area contributed by atoms with Crippen molar-refractivity contribution in [2.75, 3.05) is 7.11 Å². The normalized spacial score (nSPS) is 11.6. The predicted molar refractivity (Wildman–Crippen MR) is 87.6 cm³/mol. The molecule has 120 valence electrons. The highest BCUT2D eigenvalue weighted by atomic mass is 35.5. The number of rotatable bonds is 5. The first-order valence-electron chi connectivity index (χ1n) is 6.74. The molecule has 0 atom stereocenters. The van der Waals surface area contributed by atoms with E-state index in [1.54, 1.807) is 30.3 Å². The van der Waals surface area contributed by atoms with Gasteiger partial charge in [-0.25, -0.2) is 18.4 Å². The molecule has 2 aromatic carbocycles. The fraction of sp³-hybridized carbons (Fsp3) is 0.133. The highest BCUT2D eigenvalue weighted by Gasteiger charge is 2.13. The van der Waals surface area contributed by atoms with Gasteiger partial charge in [-0.3, -0.25) is 0 Å². The van der Waals surface area contributed by atoms with Crippen LogP contribution in [0.2, 0.25) is 0 Å². The summed E-state index contributed by atoms with van der Waals surface area (Å²) in [5.74, 6) is 1.38. The molecule has 0 spiro atoms. The molecule has 0 aliphatic rings. The number of methoxy groups -OCH3 is 1. The Kier molecular flexibility index (Phi) is 4.14. The first kappa shape index (κ1) is 15.6. The van der Waals surface area contributed by atoms with Crippen molar-refractivity contribution in [3.63, 3.8) is 0 Å². The quantitative estimate of drug-likeness (QED) is 0.716. The number of H-pyrrole nitrogens is 2. The van der Waals surface area contributed by atoms with Gasteiger partial charge in [-0.2, -0.15) is 0 Å². The van der Waals surface area contributed by atoms with Gasteiger partial charge in [0.05, 0.1) is 12.0 Å². The molecular formula is C15H14ClN3O3S. The Morgan fingerprint density at radius 1 is 1.26 bits per heavy atom. The van der Waals surface area contributed by atoms with Crippen LogP contribution in [0.4, 0.5) is 5.69 Å². The van der Waals surface area contributed by atoms with E-state index in [1.807, 2.05) is 0 Å². The molecular weight excluding hydrogens is 338 g/mol. The van der Waals surface area contributed by atoms with E-state index in [0.717, 1.165) is 5.52 Å². The molecule has 0 saturated carbocycles. The van der Waals surface area contributed by atoms with Gasteiger partial charge in [0.2, 0.25) is 0 Å². The van der Waals surface area contributed by atoms with E-state index in [9.17, 15) is 8.42 Å². The van der Waals surface area contributed by atoms with Crippen molar-refractivity contribution in [3.05, 3.63) is 53.0 Å². The van der Waals surface area contributed by atoms with Crippen LogP contribution in [0.25, 0.3) is 15.8 Å². The van der Waals surface area contributed by atoms with Crippen LogP contribution >= 0.6 is 11.6 Å². The van der Waals surface area contributed by atoms with Crippen LogP contribution in [0.3, 0.4) is 0 Å². The Hall–Kier alpha value is -2.25. The van der Waals surface area contributed by atoms with Gasteiger partial charge in [-0.1, -0.05) is 23.9 Å². The summed E-state index contributed by atoms with van der Waals surface area (Å²) in [5.41, 5.74) is 1.68. The van der Waals surface area contributed by atoms with Gasteiger partial charge >= 0.3 is 0 Å². The first-order valence-corrected chi connectivity index (χ1v) is 8.72. The summed E-state index contributed by atoms with van der Waals surface area (Å²) >= 11 is 5.76. The van der Waals surface area contributed by atoms with Gasteiger partial charge in [0, 0.05) is 6.07 Å². The highest BCUT2D eigenvalue weighted by Crippen LogP contribution is 2.35. The first-order chi connectivity index (χ1) is 11.0. The Bertz CT molecular complexity index is 954. The summed E-state index contributed by atoms with van der Waals surface area (Å²) < 4.78 is 34.0. The number of aromatic amines is 2. The highest BCUT2D eigenvalue weighted by molar-refractivity contribution is 7.94. The van der Waals surface area contributed by atoms with Crippen LogP contribution in [0.1, 0.15) is 5.82 Å². The molecule has 0 aliphatic heterocycles. The number of hydrogen-bond acceptors (Lipinski definition) is 3. The van der Waals surface area contributed by atoms with E-state index in [0.29, 0.717) is 17.1 Å². The minimum Gasteiger partial charge on any atom is -0.570 e. The number of para-hydroxylation sites is 1. The molecule has 0 amide bonds. The van der Waals surface area contributed by atoms with Gasteiger partial charge in [0.25, 0.3) is 5.82 Å². The molecule has 0 saturated heterocycles. The van der Waals surface area contributed by atoms with Crippen LogP contribution in [0, 0.1) is 0 Å². The van der Waals surface area contributed by atoms with E-state index in [2.05, 4.69) is 14.7 Å². The van der Waals surface area contributed by atoms with Crippen molar-refractivity contribution >= 4 is 38.3 Å². The maximum atomic E-state index is 12.5. The Morgan fingerprint density at radius 3 is 2.78 bits per heavy atom. The second-order valence-electron chi connectivity index (χ2n) is 4.81. The molecule has 0 fully saturated rings. The molecule has 2 N–H and O–H groups in total. The predicted octanol–water partition coefficient (Wildman–Crippen LogP) is 3.12. The number of benzene rings is 2. The zero-order valence-corrected chi connectivity index (χ0v) is 13.8. The maximum absolute atomic E-state index is 12.5. The topological polar surface area (TPSA) is 87.4 Å². The third-order valence-corrected chi connectivity index (χ3v) is 4.85. The number of alkyl halides is 1. The lowest BCUT2D eigenvalue weighted by Gasteiger charge is -2.23. The van der Waals surface area contributed by atoms with E-state index < -0.39 is 10.0 Å². The third-order valence-electron chi connectivity index (χ3n) is 3.30. The van der Waals surface area contributed by atoms with Crippen LogP contribution < -0.4 is 9.72 Å². The lowest BCUT2D eigenvalue weighted by Crippen LogP contribution is -2.04. The smallest absolute Gasteiger partial charge is 0.268 e. The fourth-order valence-electron chi connectivity index (χ4n) is 2.21. The Labute approximate surface area is 138 Å². The van der Waals surface area contributed by atoms with E-state index in [4.69, 9.17) is 16.3 Å². The minimum absolute atomic E-state index is 0.0901. The Balaban J connectivity index is 1.98. The van der Waals surface area contributed by atoms with Crippen molar-refractivity contribution in [1.29, 1.82) is 0 Å². The minimum atomic E-state index is -3.86. The lowest BCUT2D eigenvalue weighted by molar-refractivity contribution is -0.355. The lowest BCUT2D eigenvalue weighted by atomic mass is 10.3. The SMILES string of the molecule is COc1ccccc1[N-]S(=O)(=O)c1ccc2[nH+]c(CCl)[nH]c2c1.